The van der Waals surface area contributed by atoms with Crippen molar-refractivity contribution in [3.05, 3.63) is 12.7 Å². The largest absolute Gasteiger partial charge is 0.465 e. The Bertz CT molecular complexity index is 334. The fourth-order valence-corrected chi connectivity index (χ4v) is 1.93. The van der Waals surface area contributed by atoms with Crippen LogP contribution in [0, 0.1) is 0 Å². The number of rotatable bonds is 10. The number of nitrogens with two attached hydrogens (primary N) is 1. The van der Waals surface area contributed by atoms with E-state index in [4.69, 9.17) is 10.5 Å². The fourth-order valence-electron chi connectivity index (χ4n) is 1.26. The molecule has 7 heteroatoms. The van der Waals surface area contributed by atoms with Crippen LogP contribution >= 0.6 is 11.8 Å². The number of carbonyl (C=O) groups excluding carboxylic acids is 3. The van der Waals surface area contributed by atoms with E-state index in [9.17, 15) is 14.4 Å². The molecule has 0 aliphatic rings. The molecule has 2 amide bonds. The summed E-state index contributed by atoms with van der Waals surface area (Å²) in [5, 5.41) is 0. The van der Waals surface area contributed by atoms with Crippen LogP contribution in [0.3, 0.4) is 0 Å². The first-order chi connectivity index (χ1) is 9.01. The van der Waals surface area contributed by atoms with Crippen molar-refractivity contribution in [2.24, 2.45) is 5.73 Å². The van der Waals surface area contributed by atoms with Gasteiger partial charge in [0.05, 0.1) is 12.4 Å². The van der Waals surface area contributed by atoms with Crippen LogP contribution in [0.4, 0.5) is 0 Å². The summed E-state index contributed by atoms with van der Waals surface area (Å²) in [6.45, 7) is 5.74. The second-order valence-corrected chi connectivity index (χ2v) is 4.74. The maximum Gasteiger partial charge on any atom is 0.325 e. The van der Waals surface area contributed by atoms with Gasteiger partial charge in [0, 0.05) is 18.7 Å². The van der Waals surface area contributed by atoms with Crippen molar-refractivity contribution in [1.82, 2.24) is 4.90 Å². The standard InChI is InChI=1S/C12H20N2O4S/c1-3-6-14(8-12(17)18-4-2)11(16)5-7-19-9-10(13)15/h3H,1,4-9H2,2H3,(H2,13,15). The fraction of sp³-hybridized carbons (Fsp3) is 0.583. The Morgan fingerprint density at radius 3 is 2.63 bits per heavy atom. The first-order valence-electron chi connectivity index (χ1n) is 5.91. The summed E-state index contributed by atoms with van der Waals surface area (Å²) < 4.78 is 4.79. The quantitative estimate of drug-likeness (QED) is 0.352. The van der Waals surface area contributed by atoms with Crippen molar-refractivity contribution in [2.45, 2.75) is 13.3 Å². The van der Waals surface area contributed by atoms with Crippen LogP contribution in [0.15, 0.2) is 12.7 Å². The minimum Gasteiger partial charge on any atom is -0.465 e. The number of hydrogen-bond acceptors (Lipinski definition) is 5. The average Bonchev–Trinajstić information content (AvgIpc) is 2.34. The molecule has 108 valence electrons. The van der Waals surface area contributed by atoms with E-state index >= 15 is 0 Å². The number of nitrogens with zero attached hydrogens (tertiary/aromatic N) is 1. The lowest BCUT2D eigenvalue weighted by Crippen LogP contribution is -2.36. The van der Waals surface area contributed by atoms with E-state index in [-0.39, 0.29) is 37.8 Å². The average molecular weight is 288 g/mol. The predicted octanol–water partition coefficient (Wildman–Crippen LogP) is 0.173. The van der Waals surface area contributed by atoms with Gasteiger partial charge in [-0.15, -0.1) is 6.58 Å². The van der Waals surface area contributed by atoms with Crippen LogP contribution in [-0.2, 0) is 19.1 Å². The summed E-state index contributed by atoms with van der Waals surface area (Å²) in [6, 6.07) is 0. The highest BCUT2D eigenvalue weighted by Crippen LogP contribution is 2.04. The molecular formula is C12H20N2O4S. The molecule has 0 aliphatic carbocycles. The van der Waals surface area contributed by atoms with Gasteiger partial charge in [0.2, 0.25) is 11.8 Å². The molecule has 2 N–H and O–H groups in total. The van der Waals surface area contributed by atoms with Gasteiger partial charge >= 0.3 is 5.97 Å². The van der Waals surface area contributed by atoms with Crippen molar-refractivity contribution < 1.29 is 19.1 Å². The summed E-state index contributed by atoms with van der Waals surface area (Å²) in [4.78, 5) is 35.1. The normalized spacial score (nSPS) is 9.74. The van der Waals surface area contributed by atoms with E-state index in [0.29, 0.717) is 5.75 Å². The molecular weight excluding hydrogens is 268 g/mol. The van der Waals surface area contributed by atoms with Gasteiger partial charge < -0.3 is 15.4 Å². The summed E-state index contributed by atoms with van der Waals surface area (Å²) >= 11 is 1.29. The molecule has 0 saturated heterocycles. The third-order valence-electron chi connectivity index (χ3n) is 2.03. The Morgan fingerprint density at radius 1 is 1.42 bits per heavy atom. The minimum atomic E-state index is -0.442. The van der Waals surface area contributed by atoms with Crippen molar-refractivity contribution in [3.8, 4) is 0 Å². The zero-order valence-electron chi connectivity index (χ0n) is 11.1. The van der Waals surface area contributed by atoms with E-state index in [2.05, 4.69) is 6.58 Å². The lowest BCUT2D eigenvalue weighted by molar-refractivity contribution is -0.148. The van der Waals surface area contributed by atoms with Crippen LogP contribution in [-0.4, -0.2) is 53.9 Å². The van der Waals surface area contributed by atoms with Gasteiger partial charge in [-0.1, -0.05) is 6.08 Å². The van der Waals surface area contributed by atoms with E-state index in [0.717, 1.165) is 0 Å². The molecule has 0 heterocycles. The molecule has 0 aromatic rings. The molecule has 0 aromatic heterocycles. The maximum atomic E-state index is 11.9. The molecule has 0 saturated carbocycles. The van der Waals surface area contributed by atoms with Gasteiger partial charge in [-0.25, -0.2) is 0 Å². The van der Waals surface area contributed by atoms with Crippen molar-refractivity contribution in [2.75, 3.05) is 31.2 Å². The third-order valence-corrected chi connectivity index (χ3v) is 3.01. The topological polar surface area (TPSA) is 89.7 Å². The van der Waals surface area contributed by atoms with Crippen LogP contribution in [0.1, 0.15) is 13.3 Å². The molecule has 0 aliphatic heterocycles. The SMILES string of the molecule is C=CCN(CC(=O)OCC)C(=O)CCSCC(N)=O. The molecule has 0 atom stereocenters. The van der Waals surface area contributed by atoms with Gasteiger partial charge in [0.1, 0.15) is 6.54 Å². The molecule has 19 heavy (non-hydrogen) atoms. The summed E-state index contributed by atoms with van der Waals surface area (Å²) in [6.07, 6.45) is 1.79. The third kappa shape index (κ3) is 9.12. The minimum absolute atomic E-state index is 0.0841. The molecule has 0 rings (SSSR count). The number of carbonyl (C=O) groups is 3. The van der Waals surface area contributed by atoms with Crippen molar-refractivity contribution in [3.63, 3.8) is 0 Å². The Labute approximate surface area is 117 Å². The summed E-state index contributed by atoms with van der Waals surface area (Å²) in [5.41, 5.74) is 4.99. The lowest BCUT2D eigenvalue weighted by Gasteiger charge is -2.19. The molecule has 0 unspecified atom stereocenters. The summed E-state index contributed by atoms with van der Waals surface area (Å²) in [5.74, 6) is -0.357. The van der Waals surface area contributed by atoms with Crippen LogP contribution in [0.25, 0.3) is 0 Å². The second-order valence-electron chi connectivity index (χ2n) is 3.64. The number of esters is 1. The first-order valence-corrected chi connectivity index (χ1v) is 7.07. The number of primary amides is 1. The predicted molar refractivity (Wildman–Crippen MR) is 74.5 cm³/mol. The van der Waals surface area contributed by atoms with Crippen LogP contribution < -0.4 is 5.73 Å². The van der Waals surface area contributed by atoms with Gasteiger partial charge in [0.15, 0.2) is 0 Å². The Morgan fingerprint density at radius 2 is 2.11 bits per heavy atom. The molecule has 0 bridgehead atoms. The Kier molecular flexibility index (Phi) is 9.60. The first kappa shape index (κ1) is 17.5. The Hall–Kier alpha value is -1.50. The number of ether oxygens (including phenoxy) is 1. The smallest absolute Gasteiger partial charge is 0.325 e. The molecule has 6 nitrogen and oxygen atoms in total. The van der Waals surface area contributed by atoms with Gasteiger partial charge in [-0.05, 0) is 6.92 Å². The molecule has 0 fully saturated rings. The summed E-state index contributed by atoms with van der Waals surface area (Å²) in [7, 11) is 0. The van der Waals surface area contributed by atoms with E-state index in [1.807, 2.05) is 0 Å². The maximum absolute atomic E-state index is 11.9. The Balaban J connectivity index is 4.13. The van der Waals surface area contributed by atoms with E-state index < -0.39 is 11.9 Å². The van der Waals surface area contributed by atoms with E-state index in [1.54, 1.807) is 13.0 Å². The lowest BCUT2D eigenvalue weighted by atomic mass is 10.3. The number of hydrogen-bond donors (Lipinski definition) is 1. The van der Waals surface area contributed by atoms with Crippen LogP contribution in [0.2, 0.25) is 0 Å². The number of thioether (sulfide) groups is 1. The van der Waals surface area contributed by atoms with Gasteiger partial charge in [-0.3, -0.25) is 14.4 Å². The molecule has 0 spiro atoms. The molecule has 0 aromatic carbocycles. The van der Waals surface area contributed by atoms with E-state index in [1.165, 1.54) is 16.7 Å². The zero-order valence-corrected chi connectivity index (χ0v) is 11.9. The van der Waals surface area contributed by atoms with Gasteiger partial charge in [-0.2, -0.15) is 11.8 Å². The van der Waals surface area contributed by atoms with Crippen molar-refractivity contribution in [1.29, 1.82) is 0 Å². The number of amides is 2. The highest BCUT2D eigenvalue weighted by Gasteiger charge is 2.16. The monoisotopic (exact) mass is 288 g/mol. The highest BCUT2D eigenvalue weighted by molar-refractivity contribution is 7.99. The second kappa shape index (κ2) is 10.4. The molecule has 0 radical (unpaired) electrons. The zero-order chi connectivity index (χ0) is 14.7. The van der Waals surface area contributed by atoms with Crippen LogP contribution in [0.5, 0.6) is 0 Å². The van der Waals surface area contributed by atoms with Gasteiger partial charge in [0.25, 0.3) is 0 Å². The highest BCUT2D eigenvalue weighted by atomic mass is 32.2. The van der Waals surface area contributed by atoms with Crippen molar-refractivity contribution >= 4 is 29.5 Å².